The van der Waals surface area contributed by atoms with Crippen LogP contribution in [0.5, 0.6) is 0 Å². The Hall–Kier alpha value is -1.97. The van der Waals surface area contributed by atoms with E-state index in [1.54, 1.807) is 12.4 Å². The van der Waals surface area contributed by atoms with Crippen LogP contribution in [-0.4, -0.2) is 15.0 Å². The molecule has 3 aromatic heterocycles. The number of nitrogens with zero attached hydrogens (tertiary/aromatic N) is 3. The summed E-state index contributed by atoms with van der Waals surface area (Å²) in [6.45, 7) is 0. The molecule has 0 bridgehead atoms. The fourth-order valence-electron chi connectivity index (χ4n) is 1.34. The first-order chi connectivity index (χ1) is 6.45. The molecule has 0 aromatic carbocycles. The highest BCUT2D eigenvalue weighted by atomic mass is 16.3. The summed E-state index contributed by atoms with van der Waals surface area (Å²) in [4.78, 5) is 12.2. The second kappa shape index (κ2) is 2.26. The fraction of sp³-hybridized carbons (Fsp3) is 0. The molecule has 0 aliphatic carbocycles. The van der Waals surface area contributed by atoms with Crippen molar-refractivity contribution in [3.63, 3.8) is 0 Å². The molecule has 3 aromatic rings. The Morgan fingerprint density at radius 1 is 1.08 bits per heavy atom. The number of rotatable bonds is 0. The molecule has 0 radical (unpaired) electrons. The molecule has 0 fully saturated rings. The quantitative estimate of drug-likeness (QED) is 0.517. The molecule has 0 aliphatic heterocycles. The van der Waals surface area contributed by atoms with Crippen molar-refractivity contribution in [3.05, 3.63) is 30.9 Å². The summed E-state index contributed by atoms with van der Waals surface area (Å²) < 4.78 is 5.46. The second-order valence-corrected chi connectivity index (χ2v) is 2.69. The van der Waals surface area contributed by atoms with Crippen molar-refractivity contribution < 1.29 is 4.42 Å². The molecule has 0 atom stereocenters. The monoisotopic (exact) mass is 171 g/mol. The van der Waals surface area contributed by atoms with E-state index in [-0.39, 0.29) is 0 Å². The molecule has 4 nitrogen and oxygen atoms in total. The van der Waals surface area contributed by atoms with Gasteiger partial charge in [0.15, 0.2) is 11.2 Å². The normalized spacial score (nSPS) is 11.1. The number of hydrogen-bond donors (Lipinski definition) is 0. The molecule has 0 spiro atoms. The third-order valence-corrected chi connectivity index (χ3v) is 1.89. The van der Waals surface area contributed by atoms with E-state index in [0.717, 1.165) is 16.6 Å². The zero-order valence-corrected chi connectivity index (χ0v) is 6.64. The smallest absolute Gasteiger partial charge is 0.173 e. The van der Waals surface area contributed by atoms with Crippen LogP contribution < -0.4 is 0 Å². The van der Waals surface area contributed by atoms with Gasteiger partial charge in [0.25, 0.3) is 0 Å². The van der Waals surface area contributed by atoms with Crippen LogP contribution in [0.4, 0.5) is 0 Å². The zero-order valence-electron chi connectivity index (χ0n) is 6.64. The van der Waals surface area contributed by atoms with Crippen molar-refractivity contribution in [2.75, 3.05) is 0 Å². The lowest BCUT2D eigenvalue weighted by Gasteiger charge is -1.83. The van der Waals surface area contributed by atoms with Gasteiger partial charge in [-0.2, -0.15) is 0 Å². The van der Waals surface area contributed by atoms with E-state index in [2.05, 4.69) is 15.0 Å². The Kier molecular flexibility index (Phi) is 1.14. The Morgan fingerprint density at radius 2 is 2.00 bits per heavy atom. The van der Waals surface area contributed by atoms with Gasteiger partial charge in [0.05, 0.1) is 6.20 Å². The van der Waals surface area contributed by atoms with Crippen LogP contribution in [0.15, 0.2) is 35.3 Å². The van der Waals surface area contributed by atoms with Crippen molar-refractivity contribution in [3.8, 4) is 0 Å². The van der Waals surface area contributed by atoms with Gasteiger partial charge in [0.1, 0.15) is 17.4 Å². The van der Waals surface area contributed by atoms with Crippen LogP contribution in [0.1, 0.15) is 0 Å². The lowest BCUT2D eigenvalue weighted by molar-refractivity contribution is 0.665. The molecule has 3 rings (SSSR count). The Labute approximate surface area is 73.2 Å². The summed E-state index contributed by atoms with van der Waals surface area (Å²) in [5, 5.41) is 0. The van der Waals surface area contributed by atoms with E-state index in [1.165, 1.54) is 6.33 Å². The molecule has 4 heteroatoms. The van der Waals surface area contributed by atoms with Gasteiger partial charge in [-0.15, -0.1) is 0 Å². The van der Waals surface area contributed by atoms with E-state index in [9.17, 15) is 0 Å². The van der Waals surface area contributed by atoms with Gasteiger partial charge in [0, 0.05) is 6.20 Å². The molecule has 0 aliphatic rings. The molecule has 0 unspecified atom stereocenters. The molecule has 62 valence electrons. The van der Waals surface area contributed by atoms with Gasteiger partial charge in [-0.3, -0.25) is 4.98 Å². The van der Waals surface area contributed by atoms with Gasteiger partial charge in [-0.1, -0.05) is 0 Å². The Bertz CT molecular complexity index is 523. The molecule has 0 saturated heterocycles. The highest BCUT2D eigenvalue weighted by Crippen LogP contribution is 2.23. The molecule has 0 saturated carbocycles. The Balaban J connectivity index is 2.64. The third kappa shape index (κ3) is 0.823. The van der Waals surface area contributed by atoms with E-state index >= 15 is 0 Å². The van der Waals surface area contributed by atoms with Crippen LogP contribution in [0.2, 0.25) is 0 Å². The minimum absolute atomic E-state index is 0.677. The first-order valence-electron chi connectivity index (χ1n) is 3.88. The molecular weight excluding hydrogens is 166 g/mol. The highest BCUT2D eigenvalue weighted by molar-refractivity contribution is 5.98. The third-order valence-electron chi connectivity index (χ3n) is 1.89. The second-order valence-electron chi connectivity index (χ2n) is 2.69. The van der Waals surface area contributed by atoms with Crippen LogP contribution in [-0.2, 0) is 0 Å². The number of pyridine rings is 1. The van der Waals surface area contributed by atoms with Crippen molar-refractivity contribution in [2.24, 2.45) is 0 Å². The molecular formula is C9H5N3O. The van der Waals surface area contributed by atoms with E-state index in [4.69, 9.17) is 4.42 Å². The first kappa shape index (κ1) is 6.54. The van der Waals surface area contributed by atoms with Gasteiger partial charge in [-0.05, 0) is 12.1 Å². The Morgan fingerprint density at radius 3 is 3.00 bits per heavy atom. The summed E-state index contributed by atoms with van der Waals surface area (Å²) >= 11 is 0. The molecule has 0 amide bonds. The van der Waals surface area contributed by atoms with Crippen molar-refractivity contribution in [1.29, 1.82) is 0 Å². The number of aromatic nitrogens is 3. The summed E-state index contributed by atoms with van der Waals surface area (Å²) in [7, 11) is 0. The fourth-order valence-corrected chi connectivity index (χ4v) is 1.34. The lowest BCUT2D eigenvalue weighted by atomic mass is 10.3. The SMILES string of the molecule is c1cnc2c(c1)oc1cncnc12. The molecule has 0 N–H and O–H groups in total. The average molecular weight is 171 g/mol. The number of hydrogen-bond acceptors (Lipinski definition) is 4. The summed E-state index contributed by atoms with van der Waals surface area (Å²) in [5.74, 6) is 0. The average Bonchev–Trinajstić information content (AvgIpc) is 2.56. The lowest BCUT2D eigenvalue weighted by Crippen LogP contribution is -1.77. The van der Waals surface area contributed by atoms with Crippen LogP contribution in [0.3, 0.4) is 0 Å². The van der Waals surface area contributed by atoms with Gasteiger partial charge < -0.3 is 4.42 Å². The largest absolute Gasteiger partial charge is 0.451 e. The standard InChI is InChI=1S/C9H5N3O/c1-2-6-8(11-3-1)9-7(13-6)4-10-5-12-9/h1-5H. The van der Waals surface area contributed by atoms with Crippen LogP contribution in [0.25, 0.3) is 22.2 Å². The summed E-state index contributed by atoms with van der Waals surface area (Å²) in [5.41, 5.74) is 2.99. The summed E-state index contributed by atoms with van der Waals surface area (Å²) in [6.07, 6.45) is 4.86. The van der Waals surface area contributed by atoms with Crippen molar-refractivity contribution in [1.82, 2.24) is 15.0 Å². The van der Waals surface area contributed by atoms with E-state index in [0.29, 0.717) is 5.58 Å². The van der Waals surface area contributed by atoms with Crippen LogP contribution in [0, 0.1) is 0 Å². The van der Waals surface area contributed by atoms with Gasteiger partial charge in [-0.25, -0.2) is 9.97 Å². The maximum Gasteiger partial charge on any atom is 0.173 e. The highest BCUT2D eigenvalue weighted by Gasteiger charge is 2.06. The van der Waals surface area contributed by atoms with Gasteiger partial charge >= 0.3 is 0 Å². The maximum absolute atomic E-state index is 5.46. The maximum atomic E-state index is 5.46. The first-order valence-corrected chi connectivity index (χ1v) is 3.88. The van der Waals surface area contributed by atoms with Crippen molar-refractivity contribution in [2.45, 2.75) is 0 Å². The predicted octanol–water partition coefficient (Wildman–Crippen LogP) is 1.77. The number of furan rings is 1. The topological polar surface area (TPSA) is 51.8 Å². The predicted molar refractivity (Wildman–Crippen MR) is 47.1 cm³/mol. The minimum Gasteiger partial charge on any atom is -0.451 e. The molecule has 13 heavy (non-hydrogen) atoms. The van der Waals surface area contributed by atoms with E-state index in [1.807, 2.05) is 12.1 Å². The van der Waals surface area contributed by atoms with Gasteiger partial charge in [0.2, 0.25) is 0 Å². The summed E-state index contributed by atoms with van der Waals surface area (Å²) in [6, 6.07) is 3.70. The number of fused-ring (bicyclic) bond motifs is 3. The van der Waals surface area contributed by atoms with Crippen LogP contribution >= 0.6 is 0 Å². The minimum atomic E-state index is 0.677. The van der Waals surface area contributed by atoms with E-state index < -0.39 is 0 Å². The molecule has 3 heterocycles. The van der Waals surface area contributed by atoms with Crippen molar-refractivity contribution >= 4 is 22.2 Å². The zero-order chi connectivity index (χ0) is 8.67.